The van der Waals surface area contributed by atoms with Crippen molar-refractivity contribution < 1.29 is 18.7 Å². The molecule has 14 heteroatoms. The molecule has 6 heterocycles. The van der Waals surface area contributed by atoms with Crippen molar-refractivity contribution in [2.75, 3.05) is 51.3 Å². The number of pyridine rings is 1. The Morgan fingerprint density at radius 2 is 1.84 bits per heavy atom. The van der Waals surface area contributed by atoms with Crippen molar-refractivity contribution in [2.24, 2.45) is 0 Å². The van der Waals surface area contributed by atoms with Gasteiger partial charge in [-0.25, -0.2) is 13.9 Å². The second-order valence-corrected chi connectivity index (χ2v) is 12.9. The summed E-state index contributed by atoms with van der Waals surface area (Å²) in [5, 5.41) is 12.6. The Bertz CT molecular complexity index is 2280. The first-order chi connectivity index (χ1) is 24.9. The third kappa shape index (κ3) is 6.06. The fourth-order valence-corrected chi connectivity index (χ4v) is 7.16. The van der Waals surface area contributed by atoms with Gasteiger partial charge in [-0.3, -0.25) is 14.3 Å². The summed E-state index contributed by atoms with van der Waals surface area (Å²) in [6.45, 7) is 5.46. The Hall–Kier alpha value is -6.05. The molecule has 0 atom stereocenters. The number of nitrogens with one attached hydrogen (secondary N) is 1. The van der Waals surface area contributed by atoms with E-state index in [1.54, 1.807) is 50.9 Å². The van der Waals surface area contributed by atoms with Crippen LogP contribution in [0.1, 0.15) is 34.5 Å². The van der Waals surface area contributed by atoms with Crippen molar-refractivity contribution in [1.29, 1.82) is 0 Å². The predicted octanol–water partition coefficient (Wildman–Crippen LogP) is 4.59. The number of hydrogen-bond acceptors (Lipinski definition) is 8. The lowest BCUT2D eigenvalue weighted by Crippen LogP contribution is -2.49. The standard InChI is InChI=1S/C37H37FN10O3/c1-24-18-31(36-39-23-41-48(36)21-24)44-14-16-45(17-15-44)37(50)30-20-29-28(26-7-3-4-8-32(26)51-2)19-27(34(38)35(29)42-30)25-6-5-11-46(22-25)33(49)9-12-47-13-10-40-43-47/h3-4,6-8,10,13,18-21,23,42H,5,9,11-12,14-17,22H2,1-2H3. The van der Waals surface area contributed by atoms with Crippen molar-refractivity contribution in [3.05, 3.63) is 96.1 Å². The topological polar surface area (TPSA) is 130 Å². The zero-order chi connectivity index (χ0) is 35.1. The lowest BCUT2D eigenvalue weighted by atomic mass is 9.93. The van der Waals surface area contributed by atoms with E-state index in [0.717, 1.165) is 28.0 Å². The van der Waals surface area contributed by atoms with Gasteiger partial charge in [-0.05, 0) is 54.3 Å². The van der Waals surface area contributed by atoms with Gasteiger partial charge in [0.2, 0.25) is 5.91 Å². The predicted molar refractivity (Wildman–Crippen MR) is 190 cm³/mol. The van der Waals surface area contributed by atoms with E-state index < -0.39 is 5.82 Å². The number of amides is 2. The zero-order valence-corrected chi connectivity index (χ0v) is 28.4. The maximum absolute atomic E-state index is 16.7. The van der Waals surface area contributed by atoms with E-state index in [1.165, 1.54) is 0 Å². The normalized spacial score (nSPS) is 15.1. The summed E-state index contributed by atoms with van der Waals surface area (Å²) in [7, 11) is 1.60. The molecule has 0 saturated carbocycles. The molecule has 0 radical (unpaired) electrons. The SMILES string of the molecule is COc1ccccc1-c1cc(C2=CCCN(C(=O)CCn3ccnn3)C2)c(F)c2[nH]c(C(=O)N3CCN(c4cc(C)cn5ncnc45)CC3)cc12. The van der Waals surface area contributed by atoms with Crippen molar-refractivity contribution >= 4 is 39.6 Å². The minimum atomic E-state index is -0.465. The number of anilines is 1. The molecule has 1 fully saturated rings. The average molecular weight is 689 g/mol. The van der Waals surface area contributed by atoms with Crippen LogP contribution in [0.15, 0.2) is 73.5 Å². The van der Waals surface area contributed by atoms with E-state index in [4.69, 9.17) is 4.74 Å². The van der Waals surface area contributed by atoms with Crippen molar-refractivity contribution in [3.8, 4) is 16.9 Å². The summed E-state index contributed by atoms with van der Waals surface area (Å²) < 4.78 is 25.8. The number of fused-ring (bicyclic) bond motifs is 2. The number of ether oxygens (including phenoxy) is 1. The molecule has 0 spiro atoms. The largest absolute Gasteiger partial charge is 0.496 e. The van der Waals surface area contributed by atoms with E-state index in [1.807, 2.05) is 49.5 Å². The van der Waals surface area contributed by atoms with E-state index in [0.29, 0.717) is 73.7 Å². The molecule has 0 bridgehead atoms. The van der Waals surface area contributed by atoms with Crippen LogP contribution in [0.2, 0.25) is 0 Å². The van der Waals surface area contributed by atoms with Gasteiger partial charge >= 0.3 is 0 Å². The number of rotatable bonds is 8. The van der Waals surface area contributed by atoms with E-state index in [9.17, 15) is 9.59 Å². The van der Waals surface area contributed by atoms with Crippen molar-refractivity contribution in [1.82, 2.24) is 44.4 Å². The second kappa shape index (κ2) is 13.3. The highest BCUT2D eigenvalue weighted by atomic mass is 19.1. The van der Waals surface area contributed by atoms with Crippen LogP contribution < -0.4 is 9.64 Å². The molecule has 1 saturated heterocycles. The lowest BCUT2D eigenvalue weighted by molar-refractivity contribution is -0.131. The monoisotopic (exact) mass is 688 g/mol. The summed E-state index contributed by atoms with van der Waals surface area (Å²) in [5.74, 6) is -0.0752. The maximum Gasteiger partial charge on any atom is 0.270 e. The first-order valence-electron chi connectivity index (χ1n) is 17.0. The molecule has 51 heavy (non-hydrogen) atoms. The Balaban J connectivity index is 1.09. The Labute approximate surface area is 292 Å². The van der Waals surface area contributed by atoms with Gasteiger partial charge in [0, 0.05) is 74.6 Å². The second-order valence-electron chi connectivity index (χ2n) is 12.9. The lowest BCUT2D eigenvalue weighted by Gasteiger charge is -2.36. The van der Waals surface area contributed by atoms with Gasteiger partial charge < -0.3 is 24.4 Å². The van der Waals surface area contributed by atoms with Gasteiger partial charge in [0.25, 0.3) is 5.91 Å². The number of piperazine rings is 1. The maximum atomic E-state index is 16.7. The number of H-pyrrole nitrogens is 1. The summed E-state index contributed by atoms with van der Waals surface area (Å²) in [4.78, 5) is 40.6. The van der Waals surface area contributed by atoms with Crippen LogP contribution in [0.3, 0.4) is 0 Å². The molecule has 260 valence electrons. The molecule has 1 N–H and O–H groups in total. The molecular weight excluding hydrogens is 651 g/mol. The number of aryl methyl sites for hydroxylation is 2. The number of methoxy groups -OCH3 is 1. The van der Waals surface area contributed by atoms with Gasteiger partial charge in [-0.1, -0.05) is 29.5 Å². The Morgan fingerprint density at radius 3 is 2.65 bits per heavy atom. The molecule has 8 rings (SSSR count). The fraction of sp³-hybridized carbons (Fsp3) is 0.297. The van der Waals surface area contributed by atoms with Crippen LogP contribution in [-0.2, 0) is 11.3 Å². The van der Waals surface area contributed by atoms with E-state index >= 15 is 4.39 Å². The molecule has 13 nitrogen and oxygen atoms in total. The number of aromatic nitrogens is 7. The first kappa shape index (κ1) is 32.2. The molecule has 2 aromatic carbocycles. The number of carbonyl (C=O) groups excluding carboxylic acids is 2. The van der Waals surface area contributed by atoms with Crippen LogP contribution >= 0.6 is 0 Å². The highest BCUT2D eigenvalue weighted by Gasteiger charge is 2.28. The van der Waals surface area contributed by atoms with Gasteiger partial charge in [0.05, 0.1) is 31.1 Å². The zero-order valence-electron chi connectivity index (χ0n) is 28.4. The smallest absolute Gasteiger partial charge is 0.270 e. The average Bonchev–Trinajstić information content (AvgIpc) is 3.96. The van der Waals surface area contributed by atoms with Crippen LogP contribution in [0.4, 0.5) is 10.1 Å². The minimum absolute atomic E-state index is 0.0383. The highest BCUT2D eigenvalue weighted by molar-refractivity contribution is 6.05. The van der Waals surface area contributed by atoms with Crippen LogP contribution in [0, 0.1) is 12.7 Å². The molecule has 2 aliphatic rings. The van der Waals surface area contributed by atoms with Gasteiger partial charge in [0.1, 0.15) is 17.8 Å². The number of aromatic amines is 1. The number of hydrogen-bond donors (Lipinski definition) is 1. The molecular formula is C37H37FN10O3. The van der Waals surface area contributed by atoms with E-state index in [-0.39, 0.29) is 30.3 Å². The Morgan fingerprint density at radius 1 is 1.00 bits per heavy atom. The van der Waals surface area contributed by atoms with E-state index in [2.05, 4.69) is 36.3 Å². The molecule has 0 aliphatic carbocycles. The number of benzene rings is 2. The summed E-state index contributed by atoms with van der Waals surface area (Å²) >= 11 is 0. The highest BCUT2D eigenvalue weighted by Crippen LogP contribution is 2.40. The fourth-order valence-electron chi connectivity index (χ4n) is 7.16. The molecule has 2 amide bonds. The molecule has 2 aliphatic heterocycles. The summed E-state index contributed by atoms with van der Waals surface area (Å²) in [6, 6.07) is 13.2. The minimum Gasteiger partial charge on any atom is -0.496 e. The van der Waals surface area contributed by atoms with Crippen molar-refractivity contribution in [3.63, 3.8) is 0 Å². The third-order valence-corrected chi connectivity index (χ3v) is 9.76. The van der Waals surface area contributed by atoms with Gasteiger partial charge in [0.15, 0.2) is 11.5 Å². The van der Waals surface area contributed by atoms with Gasteiger partial charge in [-0.2, -0.15) is 5.10 Å². The number of carbonyl (C=O) groups is 2. The molecule has 0 unspecified atom stereocenters. The van der Waals surface area contributed by atoms with Crippen LogP contribution in [0.25, 0.3) is 33.3 Å². The summed E-state index contributed by atoms with van der Waals surface area (Å²) in [5.41, 5.74) is 5.96. The van der Waals surface area contributed by atoms with Crippen molar-refractivity contribution in [2.45, 2.75) is 26.3 Å². The number of para-hydroxylation sites is 1. The van der Waals surface area contributed by atoms with Crippen LogP contribution in [-0.4, -0.2) is 103 Å². The summed E-state index contributed by atoms with van der Waals surface area (Å²) in [6.07, 6.45) is 9.63. The number of nitrogens with zero attached hydrogens (tertiary/aromatic N) is 9. The molecule has 6 aromatic rings. The molecule has 4 aromatic heterocycles. The first-order valence-corrected chi connectivity index (χ1v) is 17.0. The Kier molecular flexibility index (Phi) is 8.42. The quantitative estimate of drug-likeness (QED) is 0.246. The number of halogens is 1. The third-order valence-electron chi connectivity index (χ3n) is 9.76. The van der Waals surface area contributed by atoms with Gasteiger partial charge in [-0.15, -0.1) is 5.10 Å². The van der Waals surface area contributed by atoms with Crippen LogP contribution in [0.5, 0.6) is 5.75 Å².